The second kappa shape index (κ2) is 9.61. The van der Waals surface area contributed by atoms with Gasteiger partial charge in [0.05, 0.1) is 23.1 Å². The van der Waals surface area contributed by atoms with Crippen LogP contribution in [-0.2, 0) is 19.0 Å². The Morgan fingerprint density at radius 1 is 1.00 bits per heavy atom. The van der Waals surface area contributed by atoms with E-state index < -0.39 is 35.6 Å². The molecule has 3 rings (SSSR count). The molecule has 0 spiro atoms. The maximum Gasteiger partial charge on any atom is 0.416 e. The fraction of sp³-hybridized carbons (Fsp3) is 0.273. The summed E-state index contributed by atoms with van der Waals surface area (Å²) in [7, 11) is 4.80. The van der Waals surface area contributed by atoms with Crippen LogP contribution in [0, 0.1) is 0 Å². The smallest absolute Gasteiger partial charge is 0.416 e. The van der Waals surface area contributed by atoms with Crippen LogP contribution in [0.3, 0.4) is 0 Å². The number of hydrogen-bond acceptors (Lipinski definition) is 5. The van der Waals surface area contributed by atoms with Crippen LogP contribution in [0.1, 0.15) is 22.3 Å². The van der Waals surface area contributed by atoms with Gasteiger partial charge in [0.25, 0.3) is 0 Å². The molecule has 0 aromatic heterocycles. The van der Waals surface area contributed by atoms with Gasteiger partial charge < -0.3 is 14.4 Å². The van der Waals surface area contributed by atoms with Crippen molar-refractivity contribution < 1.29 is 40.6 Å². The minimum absolute atomic E-state index is 0.0651. The van der Waals surface area contributed by atoms with E-state index in [0.717, 1.165) is 17.8 Å². The number of amidine groups is 1. The topological polar surface area (TPSA) is 51.1 Å². The van der Waals surface area contributed by atoms with Crippen molar-refractivity contribution >= 4 is 28.9 Å². The molecule has 0 saturated heterocycles. The number of thioether (sulfide) groups is 1. The van der Waals surface area contributed by atoms with E-state index in [9.17, 15) is 31.1 Å². The van der Waals surface area contributed by atoms with Crippen LogP contribution >= 0.6 is 11.8 Å². The number of ether oxygens (including phenoxy) is 2. The average Bonchev–Trinajstić information content (AvgIpc) is 3.11. The summed E-state index contributed by atoms with van der Waals surface area (Å²) in [5.41, 5.74) is -2.67. The lowest BCUT2D eigenvalue weighted by atomic mass is 10.0. The highest BCUT2D eigenvalue weighted by Gasteiger charge is 2.38. The number of aliphatic imine (C=N–C) groups is 1. The summed E-state index contributed by atoms with van der Waals surface area (Å²) < 4.78 is 89.4. The molecular weight excluding hydrogens is 486 g/mol. The third kappa shape index (κ3) is 5.85. The second-order valence-electron chi connectivity index (χ2n) is 7.27. The van der Waals surface area contributed by atoms with E-state index in [1.165, 1.54) is 13.2 Å². The van der Waals surface area contributed by atoms with Crippen molar-refractivity contribution in [2.24, 2.45) is 4.99 Å². The van der Waals surface area contributed by atoms with Gasteiger partial charge in [-0.15, -0.1) is 0 Å². The third-order valence-corrected chi connectivity index (χ3v) is 5.44. The van der Waals surface area contributed by atoms with Crippen molar-refractivity contribution in [3.05, 3.63) is 63.6 Å². The quantitative estimate of drug-likeness (QED) is 0.437. The number of halogens is 6. The molecule has 34 heavy (non-hydrogen) atoms. The van der Waals surface area contributed by atoms with E-state index >= 15 is 0 Å². The van der Waals surface area contributed by atoms with Crippen LogP contribution < -0.4 is 9.47 Å². The van der Waals surface area contributed by atoms with Gasteiger partial charge in [0, 0.05) is 19.7 Å². The first-order valence-electron chi connectivity index (χ1n) is 9.57. The Morgan fingerprint density at radius 3 is 2.29 bits per heavy atom. The van der Waals surface area contributed by atoms with E-state index in [4.69, 9.17) is 9.47 Å². The fourth-order valence-corrected chi connectivity index (χ4v) is 3.90. The lowest BCUT2D eigenvalue weighted by Crippen LogP contribution is -2.20. The number of amides is 1. The number of alkyl halides is 6. The predicted octanol–water partition coefficient (Wildman–Crippen LogP) is 6.48. The minimum atomic E-state index is -5.00. The van der Waals surface area contributed by atoms with Crippen LogP contribution in [0.25, 0.3) is 6.08 Å². The fourth-order valence-electron chi connectivity index (χ4n) is 3.06. The van der Waals surface area contributed by atoms with Crippen molar-refractivity contribution in [3.8, 4) is 11.5 Å². The summed E-state index contributed by atoms with van der Waals surface area (Å²) in [6, 6.07) is 5.99. The van der Waals surface area contributed by atoms with Crippen LogP contribution in [0.15, 0.2) is 46.3 Å². The minimum Gasteiger partial charge on any atom is -0.493 e. The highest BCUT2D eigenvalue weighted by Crippen LogP contribution is 2.38. The Balaban J connectivity index is 1.86. The zero-order valence-corrected chi connectivity index (χ0v) is 18.9. The van der Waals surface area contributed by atoms with Gasteiger partial charge in [0.1, 0.15) is 12.4 Å². The summed E-state index contributed by atoms with van der Waals surface area (Å²) in [6.45, 7) is -0.633. The number of methoxy groups -OCH3 is 1. The summed E-state index contributed by atoms with van der Waals surface area (Å²) in [6.07, 6.45) is -8.22. The van der Waals surface area contributed by atoms with Crippen LogP contribution in [0.4, 0.5) is 31.1 Å². The second-order valence-corrected chi connectivity index (χ2v) is 8.27. The highest BCUT2D eigenvalue weighted by atomic mass is 32.2. The molecule has 1 aliphatic rings. The molecule has 12 heteroatoms. The molecule has 1 aliphatic heterocycles. The Kier molecular flexibility index (Phi) is 7.20. The number of likely N-dealkylation sites (N-methyl/N-ethyl adjacent to an activating group) is 1. The third-order valence-electron chi connectivity index (χ3n) is 4.65. The van der Waals surface area contributed by atoms with Gasteiger partial charge in [-0.2, -0.15) is 31.3 Å². The van der Waals surface area contributed by atoms with Gasteiger partial charge in [-0.25, -0.2) is 0 Å². The Labute approximate surface area is 195 Å². The molecule has 0 N–H and O–H groups in total. The summed E-state index contributed by atoms with van der Waals surface area (Å²) >= 11 is 0.947. The Bertz CT molecular complexity index is 1160. The van der Waals surface area contributed by atoms with Crippen molar-refractivity contribution in [2.45, 2.75) is 19.0 Å². The van der Waals surface area contributed by atoms with Gasteiger partial charge in [-0.05, 0) is 47.7 Å². The SMILES string of the molecule is COc1cc(/C=C2\SC(=O)N=C2N(C)C)ccc1OCc1ccc(C(F)(F)F)cc1C(F)(F)F. The first-order chi connectivity index (χ1) is 15.8. The van der Waals surface area contributed by atoms with Gasteiger partial charge in [-0.1, -0.05) is 12.1 Å². The molecule has 1 amide bonds. The Hall–Kier alpha value is -3.15. The zero-order chi connectivity index (χ0) is 25.3. The van der Waals surface area contributed by atoms with Gasteiger partial charge in [0.2, 0.25) is 0 Å². The number of rotatable bonds is 5. The maximum atomic E-state index is 13.4. The summed E-state index contributed by atoms with van der Waals surface area (Å²) in [5, 5.41) is -0.362. The highest BCUT2D eigenvalue weighted by molar-refractivity contribution is 8.18. The monoisotopic (exact) mass is 504 g/mol. The number of hydrogen-bond donors (Lipinski definition) is 0. The molecule has 2 aromatic carbocycles. The average molecular weight is 504 g/mol. The molecule has 0 aliphatic carbocycles. The molecule has 1 heterocycles. The molecule has 0 fully saturated rings. The van der Waals surface area contributed by atoms with Crippen molar-refractivity contribution in [2.75, 3.05) is 21.2 Å². The van der Waals surface area contributed by atoms with Crippen LogP contribution in [-0.4, -0.2) is 37.2 Å². The zero-order valence-electron chi connectivity index (χ0n) is 18.0. The van der Waals surface area contributed by atoms with Crippen molar-refractivity contribution in [3.63, 3.8) is 0 Å². The standard InChI is InChI=1S/C22H18F6N2O3S/c1-30(2)19-18(34-20(31)29-19)9-12-4-7-16(17(8-12)32-3)33-11-13-5-6-14(21(23,24)25)10-15(13)22(26,27)28/h4-10H,11H2,1-3H3/b18-9-. The number of carbonyl (C=O) groups is 1. The normalized spacial score (nSPS) is 15.5. The van der Waals surface area contributed by atoms with Crippen LogP contribution in [0.5, 0.6) is 11.5 Å². The lowest BCUT2D eigenvalue weighted by molar-refractivity contribution is -0.143. The van der Waals surface area contributed by atoms with E-state index in [1.807, 2.05) is 0 Å². The van der Waals surface area contributed by atoms with Crippen molar-refractivity contribution in [1.29, 1.82) is 0 Å². The van der Waals surface area contributed by atoms with Gasteiger partial charge in [-0.3, -0.25) is 4.79 Å². The molecule has 0 atom stereocenters. The summed E-state index contributed by atoms with van der Waals surface area (Å²) in [5.74, 6) is 0.762. The van der Waals surface area contributed by atoms with Crippen molar-refractivity contribution in [1.82, 2.24) is 4.90 Å². The molecule has 0 radical (unpaired) electrons. The number of nitrogens with zero attached hydrogens (tertiary/aromatic N) is 2. The van der Waals surface area contributed by atoms with E-state index in [0.29, 0.717) is 22.4 Å². The summed E-state index contributed by atoms with van der Waals surface area (Å²) in [4.78, 5) is 17.9. The largest absolute Gasteiger partial charge is 0.493 e. The molecule has 0 bridgehead atoms. The predicted molar refractivity (Wildman–Crippen MR) is 116 cm³/mol. The van der Waals surface area contributed by atoms with Gasteiger partial charge >= 0.3 is 17.6 Å². The first-order valence-corrected chi connectivity index (χ1v) is 10.4. The molecule has 5 nitrogen and oxygen atoms in total. The maximum absolute atomic E-state index is 13.4. The Morgan fingerprint density at radius 2 is 1.71 bits per heavy atom. The molecule has 0 unspecified atom stereocenters. The molecule has 2 aromatic rings. The molecular formula is C22H18F6N2O3S. The van der Waals surface area contributed by atoms with E-state index in [-0.39, 0.29) is 22.8 Å². The lowest BCUT2D eigenvalue weighted by Gasteiger charge is -2.17. The first kappa shape index (κ1) is 25.5. The van der Waals surface area contributed by atoms with E-state index in [1.54, 1.807) is 37.2 Å². The van der Waals surface area contributed by atoms with Crippen LogP contribution in [0.2, 0.25) is 0 Å². The van der Waals surface area contributed by atoms with E-state index in [2.05, 4.69) is 4.99 Å². The molecule has 0 saturated carbocycles. The van der Waals surface area contributed by atoms with Gasteiger partial charge in [0.15, 0.2) is 11.5 Å². The number of benzene rings is 2. The number of carbonyl (C=O) groups excluding carboxylic acids is 1. The molecule has 182 valence electrons.